The molecular formula is C78H44F2N4O2S2. The lowest BCUT2D eigenvalue weighted by atomic mass is 9.64. The highest BCUT2D eigenvalue weighted by Crippen LogP contribution is 2.69. The van der Waals surface area contributed by atoms with Gasteiger partial charge in [-0.3, -0.25) is 9.59 Å². The Morgan fingerprint density at radius 1 is 0.409 bits per heavy atom. The predicted octanol–water partition coefficient (Wildman–Crippen LogP) is 18.5. The topological polar surface area (TPSA) is 129 Å². The zero-order valence-electron chi connectivity index (χ0n) is 47.7. The molecule has 0 saturated heterocycles. The van der Waals surface area contributed by atoms with Crippen LogP contribution < -0.4 is 0 Å². The molecule has 0 aliphatic heterocycles. The van der Waals surface area contributed by atoms with Crippen molar-refractivity contribution in [2.45, 2.75) is 38.5 Å². The van der Waals surface area contributed by atoms with E-state index in [1.165, 1.54) is 22.7 Å². The van der Waals surface area contributed by atoms with Gasteiger partial charge in [-0.25, -0.2) is 8.78 Å². The first-order chi connectivity index (χ1) is 42.8. The van der Waals surface area contributed by atoms with E-state index >= 15 is 8.78 Å². The lowest BCUT2D eigenvalue weighted by Gasteiger charge is -2.36. The Morgan fingerprint density at radius 3 is 1.02 bits per heavy atom. The third-order valence-corrected chi connectivity index (χ3v) is 20.5. The maximum Gasteiger partial charge on any atom is 0.194 e. The molecule has 0 saturated carbocycles. The molecular weight excluding hydrogens is 1130 g/mol. The second-order valence-electron chi connectivity index (χ2n) is 23.0. The molecule has 0 N–H and O–H groups in total. The number of nitriles is 4. The quantitative estimate of drug-likeness (QED) is 0.120. The number of hydrogen-bond acceptors (Lipinski definition) is 8. The van der Waals surface area contributed by atoms with E-state index in [1.54, 1.807) is 60.7 Å². The fourth-order valence-electron chi connectivity index (χ4n) is 14.3. The molecule has 414 valence electrons. The normalized spacial score (nSPS) is 15.3. The number of aryl methyl sites for hydroxylation is 4. The summed E-state index contributed by atoms with van der Waals surface area (Å²) in [6, 6.07) is 65.8. The maximum absolute atomic E-state index is 20.4. The molecule has 0 amide bonds. The third kappa shape index (κ3) is 7.32. The fourth-order valence-corrected chi connectivity index (χ4v) is 17.0. The van der Waals surface area contributed by atoms with Crippen LogP contribution in [-0.2, 0) is 10.8 Å². The molecule has 15 rings (SSSR count). The number of halogens is 2. The molecule has 0 unspecified atom stereocenters. The first-order valence-electron chi connectivity index (χ1n) is 28.6. The summed E-state index contributed by atoms with van der Waals surface area (Å²) in [5.74, 6) is -1.74. The van der Waals surface area contributed by atoms with Crippen LogP contribution in [-0.4, -0.2) is 11.6 Å². The Morgan fingerprint density at radius 2 is 0.716 bits per heavy atom. The average Bonchev–Trinajstić information content (AvgIpc) is 1.48. The van der Waals surface area contributed by atoms with Crippen molar-refractivity contribution >= 4 is 77.7 Å². The molecule has 2 heterocycles. The van der Waals surface area contributed by atoms with Crippen LogP contribution >= 0.6 is 22.7 Å². The summed E-state index contributed by atoms with van der Waals surface area (Å²) >= 11 is 2.74. The van der Waals surface area contributed by atoms with Gasteiger partial charge in [0.1, 0.15) is 47.1 Å². The van der Waals surface area contributed by atoms with E-state index in [0.29, 0.717) is 43.1 Å². The number of ketones is 2. The highest BCUT2D eigenvalue weighted by atomic mass is 32.1. The van der Waals surface area contributed by atoms with E-state index in [9.17, 15) is 30.6 Å². The van der Waals surface area contributed by atoms with Crippen LogP contribution in [0.25, 0.3) is 64.4 Å². The van der Waals surface area contributed by atoms with Crippen molar-refractivity contribution in [2.75, 3.05) is 0 Å². The smallest absolute Gasteiger partial charge is 0.194 e. The highest BCUT2D eigenvalue weighted by Gasteiger charge is 2.58. The molecule has 0 spiro atoms. The van der Waals surface area contributed by atoms with Crippen molar-refractivity contribution < 1.29 is 18.4 Å². The summed E-state index contributed by atoms with van der Waals surface area (Å²) in [7, 11) is 0. The second kappa shape index (κ2) is 19.8. The monoisotopic (exact) mass is 1170 g/mol. The van der Waals surface area contributed by atoms with Gasteiger partial charge in [-0.15, -0.1) is 22.7 Å². The van der Waals surface area contributed by atoms with Crippen LogP contribution in [0.15, 0.2) is 204 Å². The number of rotatable bonds is 6. The van der Waals surface area contributed by atoms with Crippen LogP contribution in [0.1, 0.15) is 110 Å². The van der Waals surface area contributed by atoms with Crippen LogP contribution in [0.4, 0.5) is 8.78 Å². The Kier molecular flexibility index (Phi) is 12.1. The van der Waals surface area contributed by atoms with E-state index in [-0.39, 0.29) is 67.3 Å². The predicted molar refractivity (Wildman–Crippen MR) is 344 cm³/mol. The van der Waals surface area contributed by atoms with Crippen molar-refractivity contribution in [3.63, 3.8) is 0 Å². The number of benzene rings is 9. The van der Waals surface area contributed by atoms with Crippen LogP contribution in [0.3, 0.4) is 0 Å². The molecule has 10 heteroatoms. The second-order valence-corrected chi connectivity index (χ2v) is 25.1. The van der Waals surface area contributed by atoms with Crippen LogP contribution in [0.2, 0.25) is 0 Å². The van der Waals surface area contributed by atoms with Gasteiger partial charge >= 0.3 is 0 Å². The molecule has 0 bridgehead atoms. The van der Waals surface area contributed by atoms with Crippen LogP contribution in [0.5, 0.6) is 0 Å². The summed E-state index contributed by atoms with van der Waals surface area (Å²) in [5, 5.41) is 42.2. The minimum absolute atomic E-state index is 0.157. The molecule has 0 radical (unpaired) electrons. The van der Waals surface area contributed by atoms with Crippen molar-refractivity contribution in [2.24, 2.45) is 0 Å². The largest absolute Gasteiger partial charge is 0.289 e. The Labute approximate surface area is 513 Å². The minimum Gasteiger partial charge on any atom is -0.289 e. The molecule has 11 aromatic rings. The lowest BCUT2D eigenvalue weighted by molar-refractivity contribution is 0.103. The molecule has 4 aliphatic rings. The Bertz CT molecular complexity index is 4880. The first-order valence-corrected chi connectivity index (χ1v) is 30.2. The van der Waals surface area contributed by atoms with E-state index in [2.05, 4.69) is 0 Å². The van der Waals surface area contributed by atoms with Gasteiger partial charge in [0.05, 0.1) is 10.8 Å². The Balaban J connectivity index is 1.05. The number of allylic oxidation sites excluding steroid dienone is 6. The van der Waals surface area contributed by atoms with E-state index < -0.39 is 22.5 Å². The zero-order chi connectivity index (χ0) is 60.7. The van der Waals surface area contributed by atoms with Crippen molar-refractivity contribution in [1.29, 1.82) is 21.0 Å². The van der Waals surface area contributed by atoms with Crippen molar-refractivity contribution in [3.8, 4) is 45.2 Å². The standard InChI is InChI=1S/C78H44F2N4O2S2/c1-41-13-23-49(24-14-41)77(50-25-15-42(2)16-26-50)67-57-31-21-45(33-59-63(47(37-81)38-82)53-9-5-7-11-55(53)73(59)85)35-61(57)87-75(67)65-69(77)71(79)66-70(72(65)80)78(51-27-17-43(3)18-28-51,52-29-19-44(4)20-30-52)68-58-32-22-46(36-62(58)88-76(66)68)34-60-64(48(39-83)40-84)54-10-6-8-12-56(54)74(60)86/h5-36H,1-4H3/b59-33-,60-34-. The molecule has 0 fully saturated rings. The lowest BCUT2D eigenvalue weighted by Crippen LogP contribution is -2.32. The first kappa shape index (κ1) is 53.7. The van der Waals surface area contributed by atoms with Crippen LogP contribution in [0, 0.1) is 84.7 Å². The van der Waals surface area contributed by atoms with E-state index in [0.717, 1.165) is 75.8 Å². The van der Waals surface area contributed by atoms with E-state index in [4.69, 9.17) is 0 Å². The van der Waals surface area contributed by atoms with Crippen molar-refractivity contribution in [3.05, 3.63) is 316 Å². The van der Waals surface area contributed by atoms with Gasteiger partial charge in [0, 0.05) is 74.8 Å². The van der Waals surface area contributed by atoms with Gasteiger partial charge in [-0.05, 0) is 118 Å². The number of Topliss-reactive ketones (excluding diaryl/α,β-unsaturated/α-hetero) is 2. The molecule has 0 atom stereocenters. The average molecular weight is 1170 g/mol. The number of fused-ring (bicyclic) bond motifs is 12. The highest BCUT2D eigenvalue weighted by molar-refractivity contribution is 7.23. The van der Waals surface area contributed by atoms with Gasteiger partial charge in [0.15, 0.2) is 11.6 Å². The Hall–Kier alpha value is -11.0. The van der Waals surface area contributed by atoms with E-state index in [1.807, 2.05) is 185 Å². The molecule has 9 aromatic carbocycles. The molecule has 88 heavy (non-hydrogen) atoms. The maximum atomic E-state index is 20.4. The fraction of sp³-hybridized carbons (Fsp3) is 0.0769. The number of carbonyl (C=O) groups excluding carboxylic acids is 2. The number of hydrogen-bond donors (Lipinski definition) is 0. The molecule has 2 aromatic heterocycles. The third-order valence-electron chi connectivity index (χ3n) is 18.2. The number of carbonyl (C=O) groups is 2. The molecule has 6 nitrogen and oxygen atoms in total. The summed E-state index contributed by atoms with van der Waals surface area (Å²) in [6.45, 7) is 8.00. The minimum atomic E-state index is -1.45. The van der Waals surface area contributed by atoms with Gasteiger partial charge in [0.25, 0.3) is 0 Å². The summed E-state index contributed by atoms with van der Waals surface area (Å²) < 4.78 is 42.3. The zero-order valence-corrected chi connectivity index (χ0v) is 49.3. The summed E-state index contributed by atoms with van der Waals surface area (Å²) in [4.78, 5) is 29.6. The van der Waals surface area contributed by atoms with Gasteiger partial charge in [0.2, 0.25) is 0 Å². The summed E-state index contributed by atoms with van der Waals surface area (Å²) in [5.41, 5.74) is 9.78. The van der Waals surface area contributed by atoms with Gasteiger partial charge < -0.3 is 0 Å². The van der Waals surface area contributed by atoms with Crippen molar-refractivity contribution in [1.82, 2.24) is 0 Å². The summed E-state index contributed by atoms with van der Waals surface area (Å²) in [6.07, 6.45) is 3.43. The van der Waals surface area contributed by atoms with Gasteiger partial charge in [-0.1, -0.05) is 192 Å². The molecule has 4 aliphatic carbocycles. The number of nitrogens with zero attached hydrogens (tertiary/aromatic N) is 4. The SMILES string of the molecule is Cc1ccc(C2(c3ccc(C)cc3)c3c(F)c4c(c(F)c3-c3sc5cc(/C=C6\C(=O)c7ccccc7C6=C(C#N)C#N)ccc5c32)C(c2ccc(C)cc2)(c2ccc(C)cc2)c2c-4sc3cc(/C=C4\C(=O)c5ccccc5C4=C(C#N)C#N)ccc23)cc1. The number of thiophene rings is 2. The van der Waals surface area contributed by atoms with Gasteiger partial charge in [-0.2, -0.15) is 21.0 Å².